The number of para-hydroxylation sites is 2. The van der Waals surface area contributed by atoms with Crippen LogP contribution in [0, 0.1) is 0 Å². The van der Waals surface area contributed by atoms with Gasteiger partial charge in [-0.3, -0.25) is 0 Å². The molecule has 16 aromatic carbocycles. The first-order valence-electron chi connectivity index (χ1n) is 39.5. The Labute approximate surface area is 679 Å². The number of allylic oxidation sites excluding steroid dienone is 5. The highest BCUT2D eigenvalue weighted by atomic mass is 15.0. The minimum absolute atomic E-state index is 0.553. The van der Waals surface area contributed by atoms with Crippen LogP contribution in [0.4, 0.5) is 0 Å². The van der Waals surface area contributed by atoms with E-state index in [1.807, 2.05) is 60.7 Å². The minimum atomic E-state index is 0.553. The maximum Gasteiger partial charge on any atom is 0.164 e. The molecule has 0 bridgehead atoms. The molecule has 0 spiro atoms. The van der Waals surface area contributed by atoms with Gasteiger partial charge >= 0.3 is 0 Å². The fraction of sp³-hybridized carbons (Fsp3) is 0.00917. The molecule has 0 amide bonds. The van der Waals surface area contributed by atoms with Crippen molar-refractivity contribution in [3.63, 3.8) is 0 Å². The van der Waals surface area contributed by atoms with Crippen LogP contribution in [0.2, 0.25) is 0 Å². The summed E-state index contributed by atoms with van der Waals surface area (Å²) in [6.07, 6.45) is 6.08. The quantitative estimate of drug-likeness (QED) is 0.0796. The van der Waals surface area contributed by atoms with Gasteiger partial charge in [0.2, 0.25) is 0 Å². The Kier molecular flexibility index (Phi) is 18.6. The molecule has 8 nitrogen and oxygen atoms in total. The average molecular weight is 1500 g/mol. The number of hydrogen-bond donors (Lipinski definition) is 0. The SMILES string of the molecule is C=C/C=C(\C=C(/C)c1nc(-c2ccccc2)nc(-c2cc(-c3ccccc3)c(-c3ccc4c(c3)c3ccccc3n4-c3ccc(-c4ccccc4)cc3)cc2-c2ccccc2)n1)c1ccc(-n2c3ccccc3c3cc(-c4cc(-c5ccccc5)c(-c5nc(-c6ccccc6)nc(-c6ccccc6)n5)cc4-c4ccccc4)ccc32)cc1. The first kappa shape index (κ1) is 70.5. The second kappa shape index (κ2) is 30.8. The van der Waals surface area contributed by atoms with Crippen LogP contribution in [0.15, 0.2) is 425 Å². The molecule has 0 fully saturated rings. The molecule has 20 rings (SSSR count). The number of rotatable bonds is 18. The van der Waals surface area contributed by atoms with E-state index < -0.39 is 0 Å². The Bertz CT molecular complexity index is 7130. The first-order valence-corrected chi connectivity index (χ1v) is 39.5. The van der Waals surface area contributed by atoms with Crippen LogP contribution in [0.5, 0.6) is 0 Å². The number of benzene rings is 16. The standard InChI is InChI=1S/C109H74N8/c1-3-32-83(75-55-61-87(62-56-75)117-101-52-31-29-50-89(101)97-67-85(58-64-103(97)117)95-69-93(79-41-20-8-21-42-79)99(71-91(95)77-37-16-6-17-38-77)109-114-106(81-45-24-10-25-46-81)112-107(115-109)82-47-26-11-27-48-82)65-72(2)104-110-105(80-43-22-9-23-44-80)113-108(111-104)98-70-90(76-35-14-5-15-36-76)94(68-92(98)78-39-18-7-19-40-78)84-57-63-102-96(66-84)88-49-28-30-51-100(88)116(102)86-59-53-74(54-60-86)73-33-12-4-13-34-73/h3-71H,1H2,2H3/b72-65+,83-32+. The zero-order chi connectivity index (χ0) is 78.1. The topological polar surface area (TPSA) is 87.2 Å². The number of nitrogens with zero attached hydrogens (tertiary/aromatic N) is 8. The van der Waals surface area contributed by atoms with Crippen molar-refractivity contribution >= 4 is 54.8 Å². The van der Waals surface area contributed by atoms with Crippen molar-refractivity contribution in [1.29, 1.82) is 0 Å². The maximum atomic E-state index is 5.54. The predicted molar refractivity (Wildman–Crippen MR) is 485 cm³/mol. The molecule has 4 heterocycles. The van der Waals surface area contributed by atoms with Gasteiger partial charge in [0.15, 0.2) is 34.9 Å². The van der Waals surface area contributed by atoms with E-state index in [9.17, 15) is 0 Å². The lowest BCUT2D eigenvalue weighted by molar-refractivity contribution is 1.03. The predicted octanol–water partition coefficient (Wildman–Crippen LogP) is 27.9. The number of aromatic nitrogens is 8. The van der Waals surface area contributed by atoms with Crippen LogP contribution in [0.1, 0.15) is 18.3 Å². The van der Waals surface area contributed by atoms with E-state index in [1.165, 1.54) is 21.9 Å². The minimum Gasteiger partial charge on any atom is -0.309 e. The van der Waals surface area contributed by atoms with E-state index in [0.29, 0.717) is 34.9 Å². The molecular weight excluding hydrogens is 1420 g/mol. The second-order valence-corrected chi connectivity index (χ2v) is 29.4. The van der Waals surface area contributed by atoms with Crippen LogP contribution < -0.4 is 0 Å². The van der Waals surface area contributed by atoms with Gasteiger partial charge in [-0.1, -0.05) is 334 Å². The van der Waals surface area contributed by atoms with Crippen LogP contribution in [-0.2, 0) is 0 Å². The highest BCUT2D eigenvalue weighted by molar-refractivity contribution is 6.13. The Hall–Kier alpha value is -15.6. The highest BCUT2D eigenvalue weighted by Gasteiger charge is 2.26. The van der Waals surface area contributed by atoms with Crippen molar-refractivity contribution in [2.24, 2.45) is 0 Å². The third-order valence-corrected chi connectivity index (χ3v) is 22.2. The normalized spacial score (nSPS) is 11.8. The van der Waals surface area contributed by atoms with E-state index >= 15 is 0 Å². The lowest BCUT2D eigenvalue weighted by Gasteiger charge is -2.18. The fourth-order valence-corrected chi connectivity index (χ4v) is 16.5. The van der Waals surface area contributed by atoms with Gasteiger partial charge in [-0.15, -0.1) is 0 Å². The largest absolute Gasteiger partial charge is 0.309 e. The summed E-state index contributed by atoms with van der Waals surface area (Å²) in [6.45, 7) is 6.34. The van der Waals surface area contributed by atoms with E-state index in [-0.39, 0.29) is 0 Å². The van der Waals surface area contributed by atoms with Gasteiger partial charge in [0.05, 0.1) is 22.1 Å². The molecule has 0 aliphatic carbocycles. The molecule has 117 heavy (non-hydrogen) atoms. The molecule has 0 aliphatic rings. The summed E-state index contributed by atoms with van der Waals surface area (Å²) >= 11 is 0. The third kappa shape index (κ3) is 13.6. The zero-order valence-corrected chi connectivity index (χ0v) is 64.1. The second-order valence-electron chi connectivity index (χ2n) is 29.4. The summed E-state index contributed by atoms with van der Waals surface area (Å²) in [7, 11) is 0. The summed E-state index contributed by atoms with van der Waals surface area (Å²) < 4.78 is 4.77. The smallest absolute Gasteiger partial charge is 0.164 e. The summed E-state index contributed by atoms with van der Waals surface area (Å²) in [5.41, 5.74) is 28.9. The van der Waals surface area contributed by atoms with E-state index in [2.05, 4.69) is 381 Å². The maximum absolute atomic E-state index is 5.54. The highest BCUT2D eigenvalue weighted by Crippen LogP contribution is 2.47. The Morgan fingerprint density at radius 3 is 0.923 bits per heavy atom. The van der Waals surface area contributed by atoms with Crippen molar-refractivity contribution in [3.8, 4) is 146 Å². The van der Waals surface area contributed by atoms with Gasteiger partial charge in [0.25, 0.3) is 0 Å². The zero-order valence-electron chi connectivity index (χ0n) is 64.1. The molecule has 0 N–H and O–H groups in total. The Balaban J connectivity index is 0.678. The van der Waals surface area contributed by atoms with E-state index in [4.69, 9.17) is 29.9 Å². The molecule has 20 aromatic rings. The van der Waals surface area contributed by atoms with Crippen LogP contribution in [0.3, 0.4) is 0 Å². The molecule has 0 aliphatic heterocycles. The molecule has 8 heteroatoms. The molecule has 550 valence electrons. The monoisotopic (exact) mass is 1490 g/mol. The van der Waals surface area contributed by atoms with Crippen LogP contribution >= 0.6 is 0 Å². The fourth-order valence-electron chi connectivity index (χ4n) is 16.5. The van der Waals surface area contributed by atoms with Gasteiger partial charge in [0.1, 0.15) is 0 Å². The lowest BCUT2D eigenvalue weighted by atomic mass is 9.87. The van der Waals surface area contributed by atoms with Crippen molar-refractivity contribution in [3.05, 3.63) is 437 Å². The molecule has 0 unspecified atom stereocenters. The molecule has 0 radical (unpaired) electrons. The van der Waals surface area contributed by atoms with Crippen LogP contribution in [-0.4, -0.2) is 39.0 Å². The Morgan fingerprint density at radius 1 is 0.239 bits per heavy atom. The van der Waals surface area contributed by atoms with Crippen LogP contribution in [0.25, 0.3) is 201 Å². The van der Waals surface area contributed by atoms with Gasteiger partial charge in [-0.2, -0.15) is 0 Å². The first-order chi connectivity index (χ1) is 57.9. The molecule has 4 aromatic heterocycles. The number of fused-ring (bicyclic) bond motifs is 6. The van der Waals surface area contributed by atoms with Crippen molar-refractivity contribution in [1.82, 2.24) is 39.0 Å². The summed E-state index contributed by atoms with van der Waals surface area (Å²) in [6, 6.07) is 142. The van der Waals surface area contributed by atoms with Gasteiger partial charge in [-0.25, -0.2) is 29.9 Å². The van der Waals surface area contributed by atoms with E-state index in [0.717, 1.165) is 156 Å². The van der Waals surface area contributed by atoms with Gasteiger partial charge < -0.3 is 9.13 Å². The molecule has 0 saturated carbocycles. The molecule has 0 saturated heterocycles. The summed E-state index contributed by atoms with van der Waals surface area (Å²) in [4.78, 5) is 32.0. The van der Waals surface area contributed by atoms with Gasteiger partial charge in [-0.05, 0) is 193 Å². The number of hydrogen-bond acceptors (Lipinski definition) is 6. The third-order valence-electron chi connectivity index (χ3n) is 22.2. The average Bonchev–Trinajstić information content (AvgIpc) is 1.52. The summed E-state index contributed by atoms with van der Waals surface area (Å²) in [5.74, 6) is 3.48. The lowest BCUT2D eigenvalue weighted by Crippen LogP contribution is -2.03. The Morgan fingerprint density at radius 2 is 0.521 bits per heavy atom. The summed E-state index contributed by atoms with van der Waals surface area (Å²) in [5, 5.41) is 4.63. The molecular formula is C109H74N8. The van der Waals surface area contributed by atoms with Crippen molar-refractivity contribution < 1.29 is 0 Å². The van der Waals surface area contributed by atoms with E-state index in [1.54, 1.807) is 0 Å². The van der Waals surface area contributed by atoms with Crippen molar-refractivity contribution in [2.75, 3.05) is 0 Å². The van der Waals surface area contributed by atoms with Gasteiger partial charge in [0, 0.05) is 60.7 Å². The molecule has 0 atom stereocenters. The van der Waals surface area contributed by atoms with Crippen molar-refractivity contribution in [2.45, 2.75) is 6.92 Å².